The summed E-state index contributed by atoms with van der Waals surface area (Å²) in [5.74, 6) is 0. The average Bonchev–Trinajstić information content (AvgIpc) is 1.85. The first-order valence-corrected chi connectivity index (χ1v) is 3.08. The van der Waals surface area contributed by atoms with Crippen molar-refractivity contribution in [2.45, 2.75) is 0 Å². The summed E-state index contributed by atoms with van der Waals surface area (Å²) < 4.78 is 0.454. The molecule has 0 aliphatic heterocycles. The molecule has 5 nitrogen and oxygen atoms in total. The molecule has 6 heteroatoms. The number of H-pyrrole nitrogens is 1. The van der Waals surface area contributed by atoms with Crippen LogP contribution in [0.15, 0.2) is 21.9 Å². The van der Waals surface area contributed by atoms with Gasteiger partial charge in [0.2, 0.25) is 0 Å². The minimum absolute atomic E-state index is 0.454. The standard InChI is InChI=1S/C5H4N2O3S/c8-3-1-2-6-4(9)7(3)5(10)11/h1-2H,(H,6,9)(H,10,11). The van der Waals surface area contributed by atoms with Crippen LogP contribution in [0.1, 0.15) is 0 Å². The summed E-state index contributed by atoms with van der Waals surface area (Å²) >= 11 is 4.24. The van der Waals surface area contributed by atoms with Gasteiger partial charge < -0.3 is 10.1 Å². The van der Waals surface area contributed by atoms with Crippen LogP contribution in [0.25, 0.3) is 0 Å². The lowest BCUT2D eigenvalue weighted by molar-refractivity contribution is 0.531. The molecule has 0 aliphatic carbocycles. The molecule has 0 atom stereocenters. The quantitative estimate of drug-likeness (QED) is 0.504. The molecule has 0 radical (unpaired) electrons. The number of nitrogens with zero attached hydrogens (tertiary/aromatic N) is 1. The van der Waals surface area contributed by atoms with Gasteiger partial charge in [-0.25, -0.2) is 4.79 Å². The van der Waals surface area contributed by atoms with E-state index in [0.29, 0.717) is 4.57 Å². The average molecular weight is 172 g/mol. The minimum Gasteiger partial charge on any atom is -0.486 e. The van der Waals surface area contributed by atoms with E-state index in [1.54, 1.807) is 0 Å². The minimum atomic E-state index is -0.753. The molecule has 0 saturated carbocycles. The summed E-state index contributed by atoms with van der Waals surface area (Å²) in [6, 6.07) is 1.09. The van der Waals surface area contributed by atoms with E-state index in [1.165, 1.54) is 6.20 Å². The monoisotopic (exact) mass is 172 g/mol. The van der Waals surface area contributed by atoms with Gasteiger partial charge in [-0.3, -0.25) is 4.79 Å². The zero-order valence-corrected chi connectivity index (χ0v) is 6.09. The third-order valence-corrected chi connectivity index (χ3v) is 1.23. The third-order valence-electron chi connectivity index (χ3n) is 1.05. The van der Waals surface area contributed by atoms with E-state index in [4.69, 9.17) is 5.11 Å². The first kappa shape index (κ1) is 7.67. The second-order valence-corrected chi connectivity index (χ2v) is 2.10. The Kier molecular flexibility index (Phi) is 1.86. The van der Waals surface area contributed by atoms with E-state index in [2.05, 4.69) is 17.2 Å². The summed E-state index contributed by atoms with van der Waals surface area (Å²) in [4.78, 5) is 23.7. The Morgan fingerprint density at radius 2 is 2.27 bits per heavy atom. The number of aliphatic hydroxyl groups is 1. The highest BCUT2D eigenvalue weighted by atomic mass is 32.1. The molecule has 0 unspecified atom stereocenters. The molecule has 58 valence electrons. The maximum absolute atomic E-state index is 10.8. The molecule has 1 aromatic rings. The molecule has 1 rings (SSSR count). The van der Waals surface area contributed by atoms with E-state index in [-0.39, 0.29) is 0 Å². The molecule has 0 aromatic carbocycles. The lowest BCUT2D eigenvalue weighted by Crippen LogP contribution is -2.37. The maximum Gasteiger partial charge on any atom is 0.336 e. The summed E-state index contributed by atoms with van der Waals surface area (Å²) in [5.41, 5.74) is -1.40. The highest BCUT2D eigenvalue weighted by Crippen LogP contribution is 1.69. The van der Waals surface area contributed by atoms with Crippen molar-refractivity contribution in [1.82, 2.24) is 9.55 Å². The van der Waals surface area contributed by atoms with Gasteiger partial charge in [-0.2, -0.15) is 4.57 Å². The highest BCUT2D eigenvalue weighted by molar-refractivity contribution is 7.79. The largest absolute Gasteiger partial charge is 0.486 e. The van der Waals surface area contributed by atoms with Crippen molar-refractivity contribution in [3.63, 3.8) is 0 Å². The summed E-state index contributed by atoms with van der Waals surface area (Å²) in [7, 11) is 0. The molecular formula is C5H4N2O3S. The number of nitrogens with one attached hydrogen (secondary N) is 1. The Morgan fingerprint density at radius 3 is 2.64 bits per heavy atom. The van der Waals surface area contributed by atoms with Gasteiger partial charge in [-0.15, -0.1) is 0 Å². The normalized spacial score (nSPS) is 9.45. The van der Waals surface area contributed by atoms with Gasteiger partial charge in [0.1, 0.15) is 0 Å². The number of hydrogen-bond acceptors (Lipinski definition) is 3. The molecule has 1 aromatic heterocycles. The van der Waals surface area contributed by atoms with Crippen molar-refractivity contribution in [3.05, 3.63) is 33.1 Å². The van der Waals surface area contributed by atoms with Crippen LogP contribution in [0.3, 0.4) is 0 Å². The zero-order valence-electron chi connectivity index (χ0n) is 5.27. The Hall–Kier alpha value is -1.43. The molecule has 0 spiro atoms. The lowest BCUT2D eigenvalue weighted by Gasteiger charge is -1.95. The molecular weight excluding hydrogens is 168 g/mol. The third kappa shape index (κ3) is 1.35. The fourth-order valence-corrected chi connectivity index (χ4v) is 0.777. The van der Waals surface area contributed by atoms with Crippen LogP contribution in [0, 0.1) is 0 Å². The van der Waals surface area contributed by atoms with Crippen molar-refractivity contribution in [2.24, 2.45) is 0 Å². The van der Waals surface area contributed by atoms with Crippen LogP contribution < -0.4 is 11.2 Å². The van der Waals surface area contributed by atoms with Crippen molar-refractivity contribution >= 4 is 17.4 Å². The van der Waals surface area contributed by atoms with E-state index < -0.39 is 16.4 Å². The fraction of sp³-hybridized carbons (Fsp3) is 0. The maximum atomic E-state index is 10.8. The molecule has 11 heavy (non-hydrogen) atoms. The number of aromatic nitrogens is 2. The Balaban J connectivity index is 3.58. The number of aromatic amines is 1. The molecule has 0 saturated heterocycles. The molecule has 0 amide bonds. The Morgan fingerprint density at radius 1 is 1.64 bits per heavy atom. The second kappa shape index (κ2) is 2.67. The smallest absolute Gasteiger partial charge is 0.336 e. The van der Waals surface area contributed by atoms with Crippen LogP contribution in [0.4, 0.5) is 0 Å². The fourth-order valence-electron chi connectivity index (χ4n) is 0.605. The molecule has 0 bridgehead atoms. The number of thiocarbonyl (C=S) groups is 1. The van der Waals surface area contributed by atoms with Gasteiger partial charge in [0.25, 0.3) is 10.7 Å². The molecule has 0 fully saturated rings. The van der Waals surface area contributed by atoms with Gasteiger partial charge >= 0.3 is 5.69 Å². The van der Waals surface area contributed by atoms with Gasteiger partial charge in [0.15, 0.2) is 0 Å². The molecule has 2 N–H and O–H groups in total. The van der Waals surface area contributed by atoms with Crippen molar-refractivity contribution < 1.29 is 5.11 Å². The SMILES string of the molecule is O=c1cc[nH]c(=O)n1C(O)=S. The predicted octanol–water partition coefficient (Wildman–Crippen LogP) is -0.772. The van der Waals surface area contributed by atoms with E-state index in [9.17, 15) is 9.59 Å². The van der Waals surface area contributed by atoms with Crippen molar-refractivity contribution in [3.8, 4) is 0 Å². The lowest BCUT2D eigenvalue weighted by atomic mass is 10.6. The summed E-state index contributed by atoms with van der Waals surface area (Å²) in [6.07, 6.45) is 1.18. The predicted molar refractivity (Wildman–Crippen MR) is 41.9 cm³/mol. The van der Waals surface area contributed by atoms with Gasteiger partial charge in [-0.05, 0) is 12.2 Å². The van der Waals surface area contributed by atoms with Gasteiger partial charge in [0.05, 0.1) is 0 Å². The Labute approximate surface area is 65.9 Å². The van der Waals surface area contributed by atoms with E-state index in [1.807, 2.05) is 0 Å². The Bertz CT molecular complexity index is 363. The number of aliphatic hydroxyl groups excluding tert-OH is 1. The van der Waals surface area contributed by atoms with Crippen LogP contribution in [-0.4, -0.2) is 19.8 Å². The zero-order chi connectivity index (χ0) is 8.43. The van der Waals surface area contributed by atoms with Crippen molar-refractivity contribution in [2.75, 3.05) is 0 Å². The van der Waals surface area contributed by atoms with E-state index >= 15 is 0 Å². The van der Waals surface area contributed by atoms with Crippen LogP contribution in [0.5, 0.6) is 0 Å². The number of hydrogen-bond donors (Lipinski definition) is 2. The van der Waals surface area contributed by atoms with Crippen molar-refractivity contribution in [1.29, 1.82) is 0 Å². The summed E-state index contributed by atoms with van der Waals surface area (Å²) in [5, 5.41) is 7.91. The molecule has 1 heterocycles. The van der Waals surface area contributed by atoms with Crippen LogP contribution in [-0.2, 0) is 0 Å². The van der Waals surface area contributed by atoms with E-state index in [0.717, 1.165) is 6.07 Å². The first-order valence-electron chi connectivity index (χ1n) is 2.67. The number of rotatable bonds is 0. The highest BCUT2D eigenvalue weighted by Gasteiger charge is 2.02. The van der Waals surface area contributed by atoms with Crippen LogP contribution in [0.2, 0.25) is 0 Å². The summed E-state index contributed by atoms with van der Waals surface area (Å²) in [6.45, 7) is 0. The topological polar surface area (TPSA) is 75.1 Å². The van der Waals surface area contributed by atoms with Gasteiger partial charge in [-0.1, -0.05) is 0 Å². The van der Waals surface area contributed by atoms with Crippen LogP contribution >= 0.6 is 12.2 Å². The van der Waals surface area contributed by atoms with Gasteiger partial charge in [0, 0.05) is 12.3 Å². The second-order valence-electron chi connectivity index (χ2n) is 1.74. The first-order chi connectivity index (χ1) is 5.13. The molecule has 0 aliphatic rings.